The third-order valence-corrected chi connectivity index (χ3v) is 4.55. The first-order chi connectivity index (χ1) is 12.4. The minimum Gasteiger partial charge on any atom is -0.340 e. The number of rotatable bonds is 4. The molecule has 1 aliphatic heterocycles. The fraction of sp³-hybridized carbons (Fsp3) is 0.300. The molecule has 3 rings (SSSR count). The highest BCUT2D eigenvalue weighted by Crippen LogP contribution is 2.28. The van der Waals surface area contributed by atoms with Crippen molar-refractivity contribution in [3.05, 3.63) is 65.2 Å². The minimum absolute atomic E-state index is 0.0239. The van der Waals surface area contributed by atoms with Crippen LogP contribution < -0.4 is 10.2 Å². The lowest BCUT2D eigenvalue weighted by Crippen LogP contribution is -2.51. The second kappa shape index (κ2) is 7.23. The lowest BCUT2D eigenvalue weighted by Gasteiger charge is -2.27. The van der Waals surface area contributed by atoms with E-state index in [9.17, 15) is 18.4 Å². The van der Waals surface area contributed by atoms with Gasteiger partial charge in [-0.25, -0.2) is 8.78 Å². The summed E-state index contributed by atoms with van der Waals surface area (Å²) in [6, 6.07) is 9.82. The van der Waals surface area contributed by atoms with E-state index in [1.54, 1.807) is 4.90 Å². The zero-order valence-electron chi connectivity index (χ0n) is 14.6. The van der Waals surface area contributed by atoms with Gasteiger partial charge in [-0.2, -0.15) is 0 Å². The number of nitrogens with zero attached hydrogens (tertiary/aromatic N) is 1. The van der Waals surface area contributed by atoms with E-state index < -0.39 is 23.6 Å². The Morgan fingerprint density at radius 2 is 1.81 bits per heavy atom. The molecule has 0 spiro atoms. The van der Waals surface area contributed by atoms with Crippen LogP contribution in [0.25, 0.3) is 0 Å². The van der Waals surface area contributed by atoms with E-state index in [0.29, 0.717) is 6.54 Å². The second-order valence-corrected chi connectivity index (χ2v) is 6.69. The van der Waals surface area contributed by atoms with E-state index >= 15 is 0 Å². The van der Waals surface area contributed by atoms with Crippen LogP contribution in [0, 0.1) is 17.6 Å². The Kier molecular flexibility index (Phi) is 5.02. The largest absolute Gasteiger partial charge is 0.340 e. The molecular formula is C20H20F2N2O2. The maximum absolute atomic E-state index is 13.4. The van der Waals surface area contributed by atoms with Gasteiger partial charge in [0.2, 0.25) is 5.91 Å². The van der Waals surface area contributed by atoms with Gasteiger partial charge >= 0.3 is 0 Å². The van der Waals surface area contributed by atoms with Gasteiger partial charge in [-0.1, -0.05) is 32.0 Å². The molecule has 0 saturated carbocycles. The van der Waals surface area contributed by atoms with Gasteiger partial charge in [0.05, 0.1) is 0 Å². The first kappa shape index (κ1) is 18.0. The van der Waals surface area contributed by atoms with Gasteiger partial charge in [-0.05, 0) is 42.2 Å². The van der Waals surface area contributed by atoms with Gasteiger partial charge in [0.25, 0.3) is 5.91 Å². The molecule has 26 heavy (non-hydrogen) atoms. The van der Waals surface area contributed by atoms with Crippen molar-refractivity contribution in [3.63, 3.8) is 0 Å². The maximum atomic E-state index is 13.4. The number of hydrogen-bond acceptors (Lipinski definition) is 2. The lowest BCUT2D eigenvalue weighted by atomic mass is 10.0. The summed E-state index contributed by atoms with van der Waals surface area (Å²) in [5, 5.41) is 2.67. The molecule has 0 bridgehead atoms. The normalized spacial score (nSPS) is 14.3. The Hall–Kier alpha value is -2.76. The summed E-state index contributed by atoms with van der Waals surface area (Å²) in [5.74, 6) is -3.10. The fourth-order valence-corrected chi connectivity index (χ4v) is 3.11. The summed E-state index contributed by atoms with van der Waals surface area (Å²) in [6.07, 6.45) is 0.768. The molecule has 0 fully saturated rings. The highest BCUT2D eigenvalue weighted by molar-refractivity contribution is 6.03. The highest BCUT2D eigenvalue weighted by atomic mass is 19.2. The molecule has 0 radical (unpaired) electrons. The molecule has 6 heteroatoms. The molecule has 1 atom stereocenters. The van der Waals surface area contributed by atoms with Crippen LogP contribution in [0.15, 0.2) is 42.5 Å². The van der Waals surface area contributed by atoms with E-state index in [2.05, 4.69) is 5.32 Å². The van der Waals surface area contributed by atoms with Crippen LogP contribution in [0.5, 0.6) is 0 Å². The minimum atomic E-state index is -1.10. The monoisotopic (exact) mass is 358 g/mol. The standard InChI is InChI=1S/C20H20F2N2O2/c1-12(2)18(23-19(25)14-7-8-15(21)16(22)11-14)20(26)24-10-9-13-5-3-4-6-17(13)24/h3-8,11-12,18H,9-10H2,1-2H3,(H,23,25)/t18-/m0/s1. The van der Waals surface area contributed by atoms with Crippen LogP contribution in [-0.4, -0.2) is 24.4 Å². The molecule has 2 amide bonds. The summed E-state index contributed by atoms with van der Waals surface area (Å²) >= 11 is 0. The number of nitrogens with one attached hydrogen (secondary N) is 1. The van der Waals surface area contributed by atoms with E-state index in [1.807, 2.05) is 38.1 Å². The summed E-state index contributed by atoms with van der Waals surface area (Å²) < 4.78 is 26.4. The number of amides is 2. The molecule has 1 N–H and O–H groups in total. The number of anilines is 1. The molecule has 136 valence electrons. The Morgan fingerprint density at radius 3 is 2.50 bits per heavy atom. The Bertz CT molecular complexity index is 851. The maximum Gasteiger partial charge on any atom is 0.252 e. The highest BCUT2D eigenvalue weighted by Gasteiger charge is 2.33. The molecule has 0 aliphatic carbocycles. The van der Waals surface area contributed by atoms with Gasteiger partial charge in [0.15, 0.2) is 11.6 Å². The predicted octanol–water partition coefficient (Wildman–Crippen LogP) is 3.31. The third kappa shape index (κ3) is 3.45. The van der Waals surface area contributed by atoms with Crippen LogP contribution in [-0.2, 0) is 11.2 Å². The molecule has 2 aromatic rings. The van der Waals surface area contributed by atoms with Crippen LogP contribution >= 0.6 is 0 Å². The molecule has 0 unspecified atom stereocenters. The molecule has 1 aliphatic rings. The Balaban J connectivity index is 1.80. The molecule has 2 aromatic carbocycles. The molecular weight excluding hydrogens is 338 g/mol. The number of hydrogen-bond donors (Lipinski definition) is 1. The van der Waals surface area contributed by atoms with Gasteiger partial charge in [0.1, 0.15) is 6.04 Å². The molecule has 4 nitrogen and oxygen atoms in total. The Labute approximate surface area is 150 Å². The predicted molar refractivity (Wildman–Crippen MR) is 94.9 cm³/mol. The van der Waals surface area contributed by atoms with Crippen molar-refractivity contribution in [2.24, 2.45) is 5.92 Å². The van der Waals surface area contributed by atoms with Crippen molar-refractivity contribution < 1.29 is 18.4 Å². The van der Waals surface area contributed by atoms with Crippen LogP contribution in [0.2, 0.25) is 0 Å². The van der Waals surface area contributed by atoms with E-state index in [0.717, 1.165) is 29.8 Å². The van der Waals surface area contributed by atoms with Crippen LogP contribution in [0.4, 0.5) is 14.5 Å². The van der Waals surface area contributed by atoms with Crippen molar-refractivity contribution in [1.82, 2.24) is 5.32 Å². The molecule has 0 saturated heterocycles. The van der Waals surface area contributed by atoms with Gasteiger partial charge in [0, 0.05) is 17.8 Å². The van der Waals surface area contributed by atoms with Gasteiger partial charge < -0.3 is 10.2 Å². The summed E-state index contributed by atoms with van der Waals surface area (Å²) in [7, 11) is 0. The number of fused-ring (bicyclic) bond motifs is 1. The summed E-state index contributed by atoms with van der Waals surface area (Å²) in [4.78, 5) is 27.1. The quantitative estimate of drug-likeness (QED) is 0.912. The molecule has 1 heterocycles. The van der Waals surface area contributed by atoms with Crippen molar-refractivity contribution >= 4 is 17.5 Å². The third-order valence-electron chi connectivity index (χ3n) is 4.55. The smallest absolute Gasteiger partial charge is 0.252 e. The Morgan fingerprint density at radius 1 is 1.08 bits per heavy atom. The van der Waals surface area contributed by atoms with Gasteiger partial charge in [-0.3, -0.25) is 9.59 Å². The van der Waals surface area contributed by atoms with Crippen molar-refractivity contribution in [1.29, 1.82) is 0 Å². The number of carbonyl (C=O) groups excluding carboxylic acids is 2. The van der Waals surface area contributed by atoms with Crippen LogP contribution in [0.3, 0.4) is 0 Å². The average molecular weight is 358 g/mol. The number of halogens is 2. The first-order valence-electron chi connectivity index (χ1n) is 8.53. The topological polar surface area (TPSA) is 49.4 Å². The van der Waals surface area contributed by atoms with E-state index in [4.69, 9.17) is 0 Å². The first-order valence-corrected chi connectivity index (χ1v) is 8.53. The average Bonchev–Trinajstić information content (AvgIpc) is 3.05. The number of para-hydroxylation sites is 1. The number of carbonyl (C=O) groups is 2. The zero-order chi connectivity index (χ0) is 18.8. The SMILES string of the molecule is CC(C)[C@H](NC(=O)c1ccc(F)c(F)c1)C(=O)N1CCc2ccccc21. The fourth-order valence-electron chi connectivity index (χ4n) is 3.11. The van der Waals surface area contributed by atoms with Crippen molar-refractivity contribution in [2.75, 3.05) is 11.4 Å². The van der Waals surface area contributed by atoms with Gasteiger partial charge in [-0.15, -0.1) is 0 Å². The lowest BCUT2D eigenvalue weighted by molar-refractivity contribution is -0.121. The van der Waals surface area contributed by atoms with Crippen LogP contribution in [0.1, 0.15) is 29.8 Å². The van der Waals surface area contributed by atoms with E-state index in [-0.39, 0.29) is 17.4 Å². The molecule has 0 aromatic heterocycles. The second-order valence-electron chi connectivity index (χ2n) is 6.69. The van der Waals surface area contributed by atoms with E-state index in [1.165, 1.54) is 6.07 Å². The van der Waals surface area contributed by atoms with Crippen molar-refractivity contribution in [2.45, 2.75) is 26.3 Å². The van der Waals surface area contributed by atoms with Crippen molar-refractivity contribution in [3.8, 4) is 0 Å². The zero-order valence-corrected chi connectivity index (χ0v) is 14.6. The number of benzene rings is 2. The summed E-state index contributed by atoms with van der Waals surface area (Å²) in [6.45, 7) is 4.22. The summed E-state index contributed by atoms with van der Waals surface area (Å²) in [5.41, 5.74) is 1.92.